The highest BCUT2D eigenvalue weighted by atomic mass is 16.4. The number of rotatable bonds is 10. The summed E-state index contributed by atoms with van der Waals surface area (Å²) in [7, 11) is 0. The van der Waals surface area contributed by atoms with E-state index in [4.69, 9.17) is 37.6 Å². The first kappa shape index (κ1) is 30.2. The van der Waals surface area contributed by atoms with Crippen molar-refractivity contribution in [1.29, 1.82) is 0 Å². The van der Waals surface area contributed by atoms with E-state index in [1.807, 2.05) is 44.2 Å². The SMILES string of the molecule is CC(C)CC(N)C(=O)O.NC(CCC(=O)O)C(=O)O.NC(Cc1ccccc1)C(=O)O. The molecule has 0 radical (unpaired) electrons. The molecule has 0 aliphatic rings. The third-order valence-electron chi connectivity index (χ3n) is 3.64. The number of nitrogens with two attached hydrogens (primary N) is 3. The van der Waals surface area contributed by atoms with Gasteiger partial charge in [0.15, 0.2) is 0 Å². The first-order chi connectivity index (χ1) is 14.3. The van der Waals surface area contributed by atoms with E-state index in [-0.39, 0.29) is 12.8 Å². The second-order valence-electron chi connectivity index (χ2n) is 7.09. The van der Waals surface area contributed by atoms with Crippen molar-refractivity contribution < 1.29 is 39.6 Å². The summed E-state index contributed by atoms with van der Waals surface area (Å²) in [6.45, 7) is 3.89. The number of carboxylic acids is 4. The topological polar surface area (TPSA) is 227 Å². The number of hydrogen-bond acceptors (Lipinski definition) is 7. The summed E-state index contributed by atoms with van der Waals surface area (Å²) < 4.78 is 0. The molecular formula is C20H33N3O8. The van der Waals surface area contributed by atoms with Crippen molar-refractivity contribution in [2.45, 2.75) is 57.7 Å². The van der Waals surface area contributed by atoms with E-state index in [0.29, 0.717) is 18.8 Å². The lowest BCUT2D eigenvalue weighted by atomic mass is 10.1. The van der Waals surface area contributed by atoms with E-state index in [2.05, 4.69) is 0 Å². The van der Waals surface area contributed by atoms with Crippen LogP contribution in [0.1, 0.15) is 38.7 Å². The summed E-state index contributed by atoms with van der Waals surface area (Å²) in [6.07, 6.45) is 0.712. The lowest BCUT2D eigenvalue weighted by molar-refractivity contribution is -0.141. The van der Waals surface area contributed by atoms with Gasteiger partial charge in [-0.3, -0.25) is 19.2 Å². The summed E-state index contributed by atoms with van der Waals surface area (Å²) in [5, 5.41) is 33.1. The molecule has 0 spiro atoms. The summed E-state index contributed by atoms with van der Waals surface area (Å²) in [5.41, 5.74) is 16.5. The third kappa shape index (κ3) is 18.7. The van der Waals surface area contributed by atoms with E-state index in [0.717, 1.165) is 5.56 Å². The molecule has 10 N–H and O–H groups in total. The molecule has 0 amide bonds. The van der Waals surface area contributed by atoms with Gasteiger partial charge in [0, 0.05) is 6.42 Å². The fraction of sp³-hybridized carbons (Fsp3) is 0.500. The zero-order chi connectivity index (χ0) is 24.6. The minimum absolute atomic E-state index is 0.0231. The number of hydrogen-bond donors (Lipinski definition) is 7. The van der Waals surface area contributed by atoms with Crippen LogP contribution in [0.25, 0.3) is 0 Å². The fourth-order valence-electron chi connectivity index (χ4n) is 1.97. The van der Waals surface area contributed by atoms with Crippen molar-refractivity contribution in [3.63, 3.8) is 0 Å². The molecule has 11 nitrogen and oxygen atoms in total. The quantitative estimate of drug-likeness (QED) is 0.261. The highest BCUT2D eigenvalue weighted by Gasteiger charge is 2.13. The highest BCUT2D eigenvalue weighted by Crippen LogP contribution is 2.02. The summed E-state index contributed by atoms with van der Waals surface area (Å²) >= 11 is 0. The van der Waals surface area contributed by atoms with Crippen LogP contribution in [0.15, 0.2) is 30.3 Å². The number of aliphatic carboxylic acids is 4. The van der Waals surface area contributed by atoms with Crippen molar-refractivity contribution >= 4 is 23.9 Å². The Morgan fingerprint density at radius 2 is 1.23 bits per heavy atom. The molecule has 31 heavy (non-hydrogen) atoms. The first-order valence-corrected chi connectivity index (χ1v) is 9.48. The first-order valence-electron chi connectivity index (χ1n) is 9.48. The Hall–Kier alpha value is -3.02. The monoisotopic (exact) mass is 443 g/mol. The molecule has 0 heterocycles. The van der Waals surface area contributed by atoms with Gasteiger partial charge in [-0.25, -0.2) is 0 Å². The molecule has 11 heteroatoms. The van der Waals surface area contributed by atoms with Gasteiger partial charge < -0.3 is 37.6 Å². The Labute approximate surface area is 180 Å². The van der Waals surface area contributed by atoms with Crippen LogP contribution in [0, 0.1) is 5.92 Å². The predicted octanol–water partition coefficient (Wildman–Crippen LogP) is 0.349. The predicted molar refractivity (Wildman–Crippen MR) is 113 cm³/mol. The average Bonchev–Trinajstić information content (AvgIpc) is 2.67. The van der Waals surface area contributed by atoms with Crippen LogP contribution in [0.2, 0.25) is 0 Å². The van der Waals surface area contributed by atoms with E-state index in [1.54, 1.807) is 0 Å². The van der Waals surface area contributed by atoms with Gasteiger partial charge in [0.1, 0.15) is 18.1 Å². The number of benzene rings is 1. The molecule has 0 aliphatic carbocycles. The molecule has 1 aromatic rings. The molecule has 0 fully saturated rings. The van der Waals surface area contributed by atoms with Crippen molar-refractivity contribution in [2.75, 3.05) is 0 Å². The van der Waals surface area contributed by atoms with Crippen molar-refractivity contribution in [3.8, 4) is 0 Å². The largest absolute Gasteiger partial charge is 0.481 e. The summed E-state index contributed by atoms with van der Waals surface area (Å²) in [5.74, 6) is -3.71. The van der Waals surface area contributed by atoms with E-state index in [1.165, 1.54) is 0 Å². The maximum Gasteiger partial charge on any atom is 0.320 e. The van der Waals surface area contributed by atoms with Gasteiger partial charge in [-0.2, -0.15) is 0 Å². The van der Waals surface area contributed by atoms with Crippen LogP contribution in [0.3, 0.4) is 0 Å². The zero-order valence-electron chi connectivity index (χ0n) is 17.7. The number of carbonyl (C=O) groups is 4. The number of carboxylic acid groups (broad SMARTS) is 4. The molecule has 3 unspecified atom stereocenters. The van der Waals surface area contributed by atoms with Crippen LogP contribution < -0.4 is 17.2 Å². The van der Waals surface area contributed by atoms with Crippen LogP contribution in [0.4, 0.5) is 0 Å². The maximum absolute atomic E-state index is 10.4. The van der Waals surface area contributed by atoms with Crippen LogP contribution in [-0.2, 0) is 25.6 Å². The molecule has 3 atom stereocenters. The molecule has 0 aliphatic heterocycles. The molecular weight excluding hydrogens is 410 g/mol. The molecule has 176 valence electrons. The third-order valence-corrected chi connectivity index (χ3v) is 3.64. The maximum atomic E-state index is 10.4. The van der Waals surface area contributed by atoms with E-state index < -0.39 is 42.0 Å². The van der Waals surface area contributed by atoms with Crippen molar-refractivity contribution in [2.24, 2.45) is 23.1 Å². The Bertz CT molecular complexity index is 682. The van der Waals surface area contributed by atoms with Crippen molar-refractivity contribution in [1.82, 2.24) is 0 Å². The molecule has 0 aromatic heterocycles. The Morgan fingerprint density at radius 1 is 0.774 bits per heavy atom. The van der Waals surface area contributed by atoms with Gasteiger partial charge in [-0.05, 0) is 30.7 Å². The lowest BCUT2D eigenvalue weighted by Crippen LogP contribution is -2.32. The molecule has 0 bridgehead atoms. The second kappa shape index (κ2) is 16.7. The molecule has 0 saturated carbocycles. The Balaban J connectivity index is 0. The second-order valence-corrected chi connectivity index (χ2v) is 7.09. The zero-order valence-corrected chi connectivity index (χ0v) is 17.7. The van der Waals surface area contributed by atoms with E-state index >= 15 is 0 Å². The van der Waals surface area contributed by atoms with Gasteiger partial charge in [0.2, 0.25) is 0 Å². The van der Waals surface area contributed by atoms with Crippen molar-refractivity contribution in [3.05, 3.63) is 35.9 Å². The lowest BCUT2D eigenvalue weighted by Gasteiger charge is -2.07. The van der Waals surface area contributed by atoms with Crippen LogP contribution >= 0.6 is 0 Å². The summed E-state index contributed by atoms with van der Waals surface area (Å²) in [4.78, 5) is 40.4. The normalized spacial score (nSPS) is 12.8. The average molecular weight is 443 g/mol. The Morgan fingerprint density at radius 3 is 1.55 bits per heavy atom. The fourth-order valence-corrected chi connectivity index (χ4v) is 1.97. The van der Waals surface area contributed by atoms with Gasteiger partial charge in [0.25, 0.3) is 0 Å². The van der Waals surface area contributed by atoms with Gasteiger partial charge >= 0.3 is 23.9 Å². The van der Waals surface area contributed by atoms with E-state index in [9.17, 15) is 19.2 Å². The smallest absolute Gasteiger partial charge is 0.320 e. The molecule has 0 saturated heterocycles. The van der Waals surface area contributed by atoms with Crippen LogP contribution in [0.5, 0.6) is 0 Å². The highest BCUT2D eigenvalue weighted by molar-refractivity contribution is 5.75. The van der Waals surface area contributed by atoms with Gasteiger partial charge in [0.05, 0.1) is 0 Å². The van der Waals surface area contributed by atoms with Gasteiger partial charge in [-0.15, -0.1) is 0 Å². The van der Waals surface area contributed by atoms with Crippen LogP contribution in [-0.4, -0.2) is 62.4 Å². The summed E-state index contributed by atoms with van der Waals surface area (Å²) in [6, 6.07) is 6.79. The minimum atomic E-state index is -1.17. The standard InChI is InChI=1S/C9H11NO2.C6H13NO2.C5H9NO4/c10-8(9(11)12)6-7-4-2-1-3-5-7;1-4(2)3-5(7)6(8)9;6-3(5(9)10)1-2-4(7)8/h1-5,8H,6,10H2,(H,11,12);4-5H,3,7H2,1-2H3,(H,8,9);3H,1-2,6H2,(H,7,8)(H,9,10). The molecule has 1 rings (SSSR count). The van der Waals surface area contributed by atoms with Gasteiger partial charge in [-0.1, -0.05) is 44.2 Å². The Kier molecular flexibility index (Phi) is 16.3. The molecule has 1 aromatic carbocycles. The minimum Gasteiger partial charge on any atom is -0.481 e.